The summed E-state index contributed by atoms with van der Waals surface area (Å²) in [6.07, 6.45) is 0. The molecule has 3 rings (SSSR count). The predicted octanol–water partition coefficient (Wildman–Crippen LogP) is 3.17. The number of halogens is 1. The number of anilines is 1. The van der Waals surface area contributed by atoms with Crippen LogP contribution in [0.2, 0.25) is 0 Å². The van der Waals surface area contributed by atoms with Gasteiger partial charge in [-0.05, 0) is 6.07 Å². The molecule has 0 aliphatic heterocycles. The smallest absolute Gasteiger partial charge is 0.181 e. The number of thiazole rings is 1. The minimum atomic E-state index is -0.221. The van der Waals surface area contributed by atoms with E-state index in [-0.39, 0.29) is 5.82 Å². The van der Waals surface area contributed by atoms with E-state index in [4.69, 9.17) is 5.73 Å². The summed E-state index contributed by atoms with van der Waals surface area (Å²) < 4.78 is 14.5. The molecular weight excluding hydrogens is 211 g/mol. The molecule has 0 bridgehead atoms. The quantitative estimate of drug-likeness (QED) is 0.629. The molecule has 0 fully saturated rings. The monoisotopic (exact) mass is 218 g/mol. The van der Waals surface area contributed by atoms with Crippen molar-refractivity contribution in [2.75, 3.05) is 5.73 Å². The zero-order chi connectivity index (χ0) is 10.4. The summed E-state index contributed by atoms with van der Waals surface area (Å²) in [5, 5.41) is 1.89. The van der Waals surface area contributed by atoms with Crippen molar-refractivity contribution >= 4 is 37.5 Å². The minimum absolute atomic E-state index is 0.221. The first-order valence-corrected chi connectivity index (χ1v) is 5.30. The highest BCUT2D eigenvalue weighted by atomic mass is 32.1. The normalized spacial score (nSPS) is 11.3. The summed E-state index contributed by atoms with van der Waals surface area (Å²) >= 11 is 1.31. The Kier molecular flexibility index (Phi) is 1.67. The van der Waals surface area contributed by atoms with Crippen LogP contribution in [0.25, 0.3) is 21.0 Å². The van der Waals surface area contributed by atoms with Crippen molar-refractivity contribution in [3.8, 4) is 0 Å². The lowest BCUT2D eigenvalue weighted by molar-refractivity contribution is 0.641. The molecule has 0 unspecified atom stereocenters. The second-order valence-corrected chi connectivity index (χ2v) is 4.37. The summed E-state index contributed by atoms with van der Waals surface area (Å²) in [6, 6.07) is 8.79. The van der Waals surface area contributed by atoms with E-state index in [9.17, 15) is 4.39 Å². The van der Waals surface area contributed by atoms with Gasteiger partial charge in [0, 0.05) is 10.8 Å². The first-order chi connectivity index (χ1) is 7.25. The van der Waals surface area contributed by atoms with Gasteiger partial charge in [0.25, 0.3) is 0 Å². The number of fused-ring (bicyclic) bond motifs is 3. The molecule has 15 heavy (non-hydrogen) atoms. The van der Waals surface area contributed by atoms with Crippen LogP contribution in [0.3, 0.4) is 0 Å². The molecular formula is C11H7FN2S. The van der Waals surface area contributed by atoms with Crippen molar-refractivity contribution in [3.05, 3.63) is 36.1 Å². The second-order valence-electron chi connectivity index (χ2n) is 3.30. The Morgan fingerprint density at radius 1 is 1.20 bits per heavy atom. The van der Waals surface area contributed by atoms with Crippen molar-refractivity contribution in [3.63, 3.8) is 0 Å². The van der Waals surface area contributed by atoms with Gasteiger partial charge in [-0.3, -0.25) is 0 Å². The molecule has 0 saturated heterocycles. The Bertz CT molecular complexity index is 660. The molecule has 0 atom stereocenters. The molecule has 2 N–H and O–H groups in total. The zero-order valence-electron chi connectivity index (χ0n) is 7.70. The Morgan fingerprint density at radius 2 is 1.93 bits per heavy atom. The maximum atomic E-state index is 13.7. The third kappa shape index (κ3) is 1.18. The van der Waals surface area contributed by atoms with Crippen LogP contribution in [0.4, 0.5) is 9.52 Å². The maximum absolute atomic E-state index is 13.7. The van der Waals surface area contributed by atoms with Crippen LogP contribution in [0.5, 0.6) is 0 Å². The van der Waals surface area contributed by atoms with Gasteiger partial charge in [0.15, 0.2) is 5.13 Å². The van der Waals surface area contributed by atoms with E-state index in [1.54, 1.807) is 6.07 Å². The lowest BCUT2D eigenvalue weighted by Gasteiger charge is -1.99. The minimum Gasteiger partial charge on any atom is -0.375 e. The number of rotatable bonds is 0. The van der Waals surface area contributed by atoms with Gasteiger partial charge < -0.3 is 5.73 Å². The largest absolute Gasteiger partial charge is 0.375 e. The average Bonchev–Trinajstić information content (AvgIpc) is 2.59. The number of aromatic nitrogens is 1. The number of benzene rings is 2. The Hall–Kier alpha value is -1.68. The van der Waals surface area contributed by atoms with E-state index in [1.165, 1.54) is 17.4 Å². The average molecular weight is 218 g/mol. The van der Waals surface area contributed by atoms with Crippen molar-refractivity contribution in [1.29, 1.82) is 0 Å². The summed E-state index contributed by atoms with van der Waals surface area (Å²) in [7, 11) is 0. The predicted molar refractivity (Wildman–Crippen MR) is 61.5 cm³/mol. The van der Waals surface area contributed by atoms with E-state index in [2.05, 4.69) is 4.98 Å². The molecule has 4 heteroatoms. The third-order valence-corrected chi connectivity index (χ3v) is 3.20. The van der Waals surface area contributed by atoms with Crippen LogP contribution in [0.15, 0.2) is 30.3 Å². The van der Waals surface area contributed by atoms with E-state index in [0.717, 1.165) is 15.6 Å². The number of hydrogen-bond donors (Lipinski definition) is 1. The molecule has 3 aromatic rings. The van der Waals surface area contributed by atoms with Crippen LogP contribution in [0, 0.1) is 5.82 Å². The van der Waals surface area contributed by atoms with Crippen molar-refractivity contribution in [2.24, 2.45) is 0 Å². The Balaban J connectivity index is 2.62. The van der Waals surface area contributed by atoms with Crippen LogP contribution < -0.4 is 5.73 Å². The van der Waals surface area contributed by atoms with Crippen LogP contribution in [0.1, 0.15) is 0 Å². The SMILES string of the molecule is Nc1nc2c(cc(F)c3ccccc32)s1. The maximum Gasteiger partial charge on any atom is 0.181 e. The molecule has 0 aliphatic carbocycles. The van der Waals surface area contributed by atoms with Crippen molar-refractivity contribution < 1.29 is 4.39 Å². The summed E-state index contributed by atoms with van der Waals surface area (Å²) in [5.74, 6) is -0.221. The molecule has 74 valence electrons. The summed E-state index contributed by atoms with van der Waals surface area (Å²) in [6.45, 7) is 0. The Labute approximate surface area is 89.2 Å². The topological polar surface area (TPSA) is 38.9 Å². The van der Waals surface area contributed by atoms with Gasteiger partial charge in [0.2, 0.25) is 0 Å². The van der Waals surface area contributed by atoms with Gasteiger partial charge in [0.05, 0.1) is 10.2 Å². The van der Waals surface area contributed by atoms with Crippen LogP contribution in [-0.2, 0) is 0 Å². The van der Waals surface area contributed by atoms with Gasteiger partial charge in [-0.15, -0.1) is 0 Å². The molecule has 2 nitrogen and oxygen atoms in total. The number of hydrogen-bond acceptors (Lipinski definition) is 3. The summed E-state index contributed by atoms with van der Waals surface area (Å²) in [4.78, 5) is 4.21. The fourth-order valence-electron chi connectivity index (χ4n) is 1.73. The fraction of sp³-hybridized carbons (Fsp3) is 0. The lowest BCUT2D eigenvalue weighted by Crippen LogP contribution is -1.82. The molecule has 0 saturated carbocycles. The molecule has 2 aromatic carbocycles. The Morgan fingerprint density at radius 3 is 2.73 bits per heavy atom. The fourth-order valence-corrected chi connectivity index (χ4v) is 2.51. The van der Waals surface area contributed by atoms with E-state index < -0.39 is 0 Å². The number of nitrogens with two attached hydrogens (primary N) is 1. The standard InChI is InChI=1S/C11H7FN2S/c12-8-5-9-10(14-11(13)15-9)7-4-2-1-3-6(7)8/h1-5H,(H2,13,14). The number of nitrogen functional groups attached to an aromatic ring is 1. The molecule has 0 amide bonds. The van der Waals surface area contributed by atoms with Crippen LogP contribution >= 0.6 is 11.3 Å². The highest BCUT2D eigenvalue weighted by Crippen LogP contribution is 2.31. The van der Waals surface area contributed by atoms with Gasteiger partial charge in [-0.2, -0.15) is 0 Å². The molecule has 1 aromatic heterocycles. The highest BCUT2D eigenvalue weighted by molar-refractivity contribution is 7.22. The molecule has 0 radical (unpaired) electrons. The zero-order valence-corrected chi connectivity index (χ0v) is 8.51. The van der Waals surface area contributed by atoms with Gasteiger partial charge in [-0.25, -0.2) is 9.37 Å². The second kappa shape index (κ2) is 2.90. The van der Waals surface area contributed by atoms with E-state index in [1.807, 2.05) is 18.2 Å². The lowest BCUT2D eigenvalue weighted by atomic mass is 10.1. The van der Waals surface area contributed by atoms with Gasteiger partial charge >= 0.3 is 0 Å². The van der Waals surface area contributed by atoms with Gasteiger partial charge in [-0.1, -0.05) is 35.6 Å². The molecule has 0 spiro atoms. The highest BCUT2D eigenvalue weighted by Gasteiger charge is 2.09. The third-order valence-electron chi connectivity index (χ3n) is 2.37. The first-order valence-electron chi connectivity index (χ1n) is 4.49. The van der Waals surface area contributed by atoms with Crippen molar-refractivity contribution in [1.82, 2.24) is 4.98 Å². The number of nitrogens with zero attached hydrogens (tertiary/aromatic N) is 1. The molecule has 1 heterocycles. The van der Waals surface area contributed by atoms with E-state index in [0.29, 0.717) is 10.5 Å². The van der Waals surface area contributed by atoms with E-state index >= 15 is 0 Å². The summed E-state index contributed by atoms with van der Waals surface area (Å²) in [5.41, 5.74) is 6.40. The first kappa shape index (κ1) is 8.61. The van der Waals surface area contributed by atoms with Crippen LogP contribution in [-0.4, -0.2) is 4.98 Å². The van der Waals surface area contributed by atoms with Crippen molar-refractivity contribution in [2.45, 2.75) is 0 Å². The molecule has 0 aliphatic rings. The van der Waals surface area contributed by atoms with Gasteiger partial charge in [0.1, 0.15) is 5.82 Å².